The highest BCUT2D eigenvalue weighted by atomic mass is 32.2. The number of carbonyl (C=O) groups is 1. The molecule has 0 aliphatic rings. The maximum atomic E-state index is 12.6. The van der Waals surface area contributed by atoms with Crippen LogP contribution in [-0.2, 0) is 21.4 Å². The summed E-state index contributed by atoms with van der Waals surface area (Å²) in [6.07, 6.45) is 0. The number of hydrogen-bond donors (Lipinski definition) is 1. The lowest BCUT2D eigenvalue weighted by Crippen LogP contribution is -2.30. The number of sulfonamides is 1. The number of ether oxygens (including phenoxy) is 1. The lowest BCUT2D eigenvalue weighted by atomic mass is 10.2. The number of methoxy groups -OCH3 is 1. The monoisotopic (exact) mass is 376 g/mol. The third kappa shape index (κ3) is 4.69. The van der Waals surface area contributed by atoms with Crippen molar-refractivity contribution < 1.29 is 17.9 Å². The van der Waals surface area contributed by atoms with E-state index in [1.54, 1.807) is 39.2 Å². The molecule has 2 rings (SSSR count). The van der Waals surface area contributed by atoms with E-state index in [4.69, 9.17) is 4.74 Å². The van der Waals surface area contributed by atoms with Gasteiger partial charge in [0.1, 0.15) is 0 Å². The van der Waals surface area contributed by atoms with Crippen LogP contribution in [0, 0.1) is 0 Å². The van der Waals surface area contributed by atoms with Gasteiger partial charge in [0.25, 0.3) is 5.91 Å². The molecule has 1 N–H and O–H groups in total. The van der Waals surface area contributed by atoms with Crippen LogP contribution in [0.25, 0.3) is 0 Å². The summed E-state index contributed by atoms with van der Waals surface area (Å²) in [5.74, 6) is -0.365. The first-order valence-corrected chi connectivity index (χ1v) is 9.85. The highest BCUT2D eigenvalue weighted by molar-refractivity contribution is 7.89. The Labute approximate surface area is 154 Å². The number of nitrogens with one attached hydrogen (secondary N) is 1. The fourth-order valence-electron chi connectivity index (χ4n) is 2.62. The van der Waals surface area contributed by atoms with Crippen LogP contribution in [0.5, 0.6) is 0 Å². The highest BCUT2D eigenvalue weighted by Crippen LogP contribution is 2.18. The Morgan fingerprint density at radius 3 is 2.42 bits per heavy atom. The van der Waals surface area contributed by atoms with Crippen molar-refractivity contribution in [1.82, 2.24) is 4.31 Å². The molecule has 0 unspecified atom stereocenters. The number of amides is 1. The van der Waals surface area contributed by atoms with E-state index in [1.807, 2.05) is 18.2 Å². The second-order valence-electron chi connectivity index (χ2n) is 5.70. The van der Waals surface area contributed by atoms with E-state index in [9.17, 15) is 13.2 Å². The smallest absolute Gasteiger partial charge is 0.255 e. The predicted octanol–water partition coefficient (Wildman–Crippen LogP) is 3.12. The van der Waals surface area contributed by atoms with Gasteiger partial charge in [-0.15, -0.1) is 0 Å². The van der Waals surface area contributed by atoms with Gasteiger partial charge in [0, 0.05) is 31.5 Å². The first-order chi connectivity index (χ1) is 12.4. The van der Waals surface area contributed by atoms with Gasteiger partial charge in [0.05, 0.1) is 11.5 Å². The van der Waals surface area contributed by atoms with Crippen LogP contribution < -0.4 is 5.32 Å². The molecule has 6 nitrogen and oxygen atoms in total. The molecule has 0 spiro atoms. The number of rotatable bonds is 8. The summed E-state index contributed by atoms with van der Waals surface area (Å²) in [5, 5.41) is 2.79. The van der Waals surface area contributed by atoms with E-state index >= 15 is 0 Å². The molecule has 7 heteroatoms. The van der Waals surface area contributed by atoms with Crippen LogP contribution in [0.15, 0.2) is 53.4 Å². The molecule has 1 amide bonds. The van der Waals surface area contributed by atoms with Crippen molar-refractivity contribution in [3.05, 3.63) is 59.7 Å². The lowest BCUT2D eigenvalue weighted by molar-refractivity contribution is 0.102. The lowest BCUT2D eigenvalue weighted by Gasteiger charge is -2.18. The zero-order chi connectivity index (χ0) is 19.2. The molecule has 2 aromatic carbocycles. The van der Waals surface area contributed by atoms with Crippen molar-refractivity contribution in [2.45, 2.75) is 25.3 Å². The van der Waals surface area contributed by atoms with Crippen molar-refractivity contribution in [2.24, 2.45) is 0 Å². The summed E-state index contributed by atoms with van der Waals surface area (Å²) < 4.78 is 31.7. The molecule has 0 aliphatic heterocycles. The van der Waals surface area contributed by atoms with Gasteiger partial charge in [-0.25, -0.2) is 8.42 Å². The van der Waals surface area contributed by atoms with Crippen molar-refractivity contribution in [1.29, 1.82) is 0 Å². The Kier molecular flexibility index (Phi) is 6.90. The molecule has 0 saturated heterocycles. The Morgan fingerprint density at radius 1 is 1.08 bits per heavy atom. The zero-order valence-electron chi connectivity index (χ0n) is 15.2. The molecular weight excluding hydrogens is 352 g/mol. The average Bonchev–Trinajstić information content (AvgIpc) is 2.63. The van der Waals surface area contributed by atoms with E-state index in [0.29, 0.717) is 25.4 Å². The third-order valence-corrected chi connectivity index (χ3v) is 5.98. The maximum absolute atomic E-state index is 12.6. The molecule has 0 saturated carbocycles. The molecule has 2 aromatic rings. The number of benzene rings is 2. The second kappa shape index (κ2) is 8.93. The van der Waals surface area contributed by atoms with Crippen molar-refractivity contribution in [3.63, 3.8) is 0 Å². The molecule has 0 aliphatic carbocycles. The van der Waals surface area contributed by atoms with Crippen LogP contribution >= 0.6 is 0 Å². The average molecular weight is 376 g/mol. The normalized spacial score (nSPS) is 11.5. The standard InChI is InChI=1S/C19H24N2O4S/c1-4-21(5-2)26(23,24)18-11-7-9-16(13-18)19(22)20-17-10-6-8-15(12-17)14-25-3/h6-13H,4-5,14H2,1-3H3,(H,20,22). The molecular formula is C19H24N2O4S. The minimum atomic E-state index is -3.61. The molecule has 0 aromatic heterocycles. The van der Waals surface area contributed by atoms with Crippen LogP contribution in [0.2, 0.25) is 0 Å². The van der Waals surface area contributed by atoms with Crippen LogP contribution in [0.4, 0.5) is 5.69 Å². The SMILES string of the molecule is CCN(CC)S(=O)(=O)c1cccc(C(=O)Nc2cccc(COC)c2)c1. The molecule has 0 bridgehead atoms. The number of hydrogen-bond acceptors (Lipinski definition) is 4. The second-order valence-corrected chi connectivity index (χ2v) is 7.64. The van der Waals surface area contributed by atoms with Gasteiger partial charge in [0.15, 0.2) is 0 Å². The first kappa shape index (κ1) is 20.1. The van der Waals surface area contributed by atoms with Crippen LogP contribution in [0.3, 0.4) is 0 Å². The summed E-state index contributed by atoms with van der Waals surface area (Å²) in [6.45, 7) is 4.76. The number of nitrogens with zero attached hydrogens (tertiary/aromatic N) is 1. The van der Waals surface area contributed by atoms with Crippen molar-refractivity contribution in [2.75, 3.05) is 25.5 Å². The van der Waals surface area contributed by atoms with Gasteiger partial charge < -0.3 is 10.1 Å². The molecule has 140 valence electrons. The molecule has 0 heterocycles. The van der Waals surface area contributed by atoms with Gasteiger partial charge in [0.2, 0.25) is 10.0 Å². The Balaban J connectivity index is 2.24. The Bertz CT molecular complexity index is 861. The molecule has 0 radical (unpaired) electrons. The van der Waals surface area contributed by atoms with Gasteiger partial charge in [-0.05, 0) is 35.9 Å². The van der Waals surface area contributed by atoms with E-state index in [-0.39, 0.29) is 16.4 Å². The van der Waals surface area contributed by atoms with Gasteiger partial charge in [-0.1, -0.05) is 32.0 Å². The summed E-state index contributed by atoms with van der Waals surface area (Å²) in [5.41, 5.74) is 1.85. The van der Waals surface area contributed by atoms with Crippen molar-refractivity contribution >= 4 is 21.6 Å². The van der Waals surface area contributed by atoms with Gasteiger partial charge in [-0.3, -0.25) is 4.79 Å². The first-order valence-electron chi connectivity index (χ1n) is 8.41. The van der Waals surface area contributed by atoms with Gasteiger partial charge in [-0.2, -0.15) is 4.31 Å². The number of carbonyl (C=O) groups excluding carboxylic acids is 1. The summed E-state index contributed by atoms with van der Waals surface area (Å²) in [6, 6.07) is 13.4. The quantitative estimate of drug-likeness (QED) is 0.768. The van der Waals surface area contributed by atoms with Crippen molar-refractivity contribution in [3.8, 4) is 0 Å². The van der Waals surface area contributed by atoms with Crippen LogP contribution in [-0.4, -0.2) is 38.8 Å². The molecule has 26 heavy (non-hydrogen) atoms. The summed E-state index contributed by atoms with van der Waals surface area (Å²) in [4.78, 5) is 12.6. The summed E-state index contributed by atoms with van der Waals surface area (Å²) in [7, 11) is -2.00. The largest absolute Gasteiger partial charge is 0.380 e. The highest BCUT2D eigenvalue weighted by Gasteiger charge is 2.22. The Hall–Kier alpha value is -2.22. The topological polar surface area (TPSA) is 75.7 Å². The predicted molar refractivity (Wildman–Crippen MR) is 102 cm³/mol. The minimum absolute atomic E-state index is 0.113. The molecule has 0 atom stereocenters. The minimum Gasteiger partial charge on any atom is -0.380 e. The number of anilines is 1. The molecule has 0 fully saturated rings. The van der Waals surface area contributed by atoms with Gasteiger partial charge >= 0.3 is 0 Å². The zero-order valence-corrected chi connectivity index (χ0v) is 16.0. The van der Waals surface area contributed by atoms with E-state index in [0.717, 1.165) is 5.56 Å². The van der Waals surface area contributed by atoms with E-state index < -0.39 is 10.0 Å². The fraction of sp³-hybridized carbons (Fsp3) is 0.316. The fourth-order valence-corrected chi connectivity index (χ4v) is 4.12. The van der Waals surface area contributed by atoms with Crippen LogP contribution in [0.1, 0.15) is 29.8 Å². The van der Waals surface area contributed by atoms with E-state index in [2.05, 4.69) is 5.32 Å². The van der Waals surface area contributed by atoms with E-state index in [1.165, 1.54) is 16.4 Å². The Morgan fingerprint density at radius 2 is 1.77 bits per heavy atom. The summed E-state index contributed by atoms with van der Waals surface area (Å²) >= 11 is 0. The maximum Gasteiger partial charge on any atom is 0.255 e. The third-order valence-electron chi connectivity index (χ3n) is 3.94.